The number of benzene rings is 2. The minimum Gasteiger partial charge on any atom is -0.293 e. The summed E-state index contributed by atoms with van der Waals surface area (Å²) in [6, 6.07) is 15.9. The Bertz CT molecular complexity index is 576. The van der Waals surface area contributed by atoms with E-state index in [-0.39, 0.29) is 16.9 Å². The van der Waals surface area contributed by atoms with Crippen LogP contribution in [0, 0.1) is 0 Å². The van der Waals surface area contributed by atoms with Gasteiger partial charge in [-0.05, 0) is 0 Å². The molecule has 0 radical (unpaired) electrons. The van der Waals surface area contributed by atoms with Crippen LogP contribution in [0.25, 0.3) is 0 Å². The maximum atomic E-state index is 12.3. The van der Waals surface area contributed by atoms with E-state index in [2.05, 4.69) is 15.9 Å². The second kappa shape index (κ2) is 5.74. The first-order valence-corrected chi connectivity index (χ1v) is 6.64. The van der Waals surface area contributed by atoms with Gasteiger partial charge in [-0.2, -0.15) is 0 Å². The number of carbonyl (C=O) groups excluding carboxylic acids is 2. The Morgan fingerprint density at radius 1 is 0.833 bits per heavy atom. The van der Waals surface area contributed by atoms with Crippen molar-refractivity contribution in [1.29, 1.82) is 0 Å². The van der Waals surface area contributed by atoms with E-state index in [9.17, 15) is 9.59 Å². The van der Waals surface area contributed by atoms with Crippen LogP contribution in [0.15, 0.2) is 54.6 Å². The van der Waals surface area contributed by atoms with Crippen molar-refractivity contribution in [2.45, 2.75) is 0 Å². The Morgan fingerprint density at radius 3 is 2.00 bits per heavy atom. The van der Waals surface area contributed by atoms with Crippen LogP contribution in [0.2, 0.25) is 0 Å². The summed E-state index contributed by atoms with van der Waals surface area (Å²) < 4.78 is 0. The molecule has 0 unspecified atom stereocenters. The van der Waals surface area contributed by atoms with E-state index in [0.29, 0.717) is 16.7 Å². The first-order valence-electron chi connectivity index (χ1n) is 5.52. The third-order valence-corrected chi connectivity index (χ3v) is 3.14. The highest BCUT2D eigenvalue weighted by molar-refractivity contribution is 9.09. The zero-order valence-corrected chi connectivity index (χ0v) is 11.2. The number of hydrogen-bond acceptors (Lipinski definition) is 2. The van der Waals surface area contributed by atoms with E-state index in [1.54, 1.807) is 36.4 Å². The first kappa shape index (κ1) is 12.7. The fourth-order valence-corrected chi connectivity index (χ4v) is 2.04. The van der Waals surface area contributed by atoms with Crippen LogP contribution < -0.4 is 0 Å². The van der Waals surface area contributed by atoms with Crippen molar-refractivity contribution < 1.29 is 9.59 Å². The Balaban J connectivity index is 2.46. The Kier molecular flexibility index (Phi) is 4.05. The van der Waals surface area contributed by atoms with Gasteiger partial charge in [-0.25, -0.2) is 0 Å². The molecule has 0 fully saturated rings. The van der Waals surface area contributed by atoms with Crippen LogP contribution in [0.1, 0.15) is 26.3 Å². The fraction of sp³-hybridized carbons (Fsp3) is 0.0667. The lowest BCUT2D eigenvalue weighted by molar-refractivity contribution is 0.0994. The highest BCUT2D eigenvalue weighted by Crippen LogP contribution is 2.15. The van der Waals surface area contributed by atoms with E-state index in [1.165, 1.54) is 0 Å². The van der Waals surface area contributed by atoms with E-state index >= 15 is 0 Å². The molecule has 0 amide bonds. The zero-order valence-electron chi connectivity index (χ0n) is 9.60. The van der Waals surface area contributed by atoms with E-state index in [0.717, 1.165) is 0 Å². The molecule has 2 aromatic rings. The van der Waals surface area contributed by atoms with Crippen LogP contribution in [0.3, 0.4) is 0 Å². The van der Waals surface area contributed by atoms with E-state index in [1.807, 2.05) is 18.2 Å². The summed E-state index contributed by atoms with van der Waals surface area (Å²) in [5.41, 5.74) is 1.50. The molecular formula is C15H11BrO2. The lowest BCUT2D eigenvalue weighted by Crippen LogP contribution is -2.10. The highest BCUT2D eigenvalue weighted by atomic mass is 79.9. The summed E-state index contributed by atoms with van der Waals surface area (Å²) in [7, 11) is 0. The minimum absolute atomic E-state index is 0.0881. The summed E-state index contributed by atoms with van der Waals surface area (Å²) in [6.45, 7) is 0. The smallest absolute Gasteiger partial charge is 0.193 e. The predicted molar refractivity (Wildman–Crippen MR) is 74.4 cm³/mol. The Labute approximate surface area is 114 Å². The maximum absolute atomic E-state index is 12.3. The Hall–Kier alpha value is -1.74. The molecule has 0 aromatic heterocycles. The second-order valence-electron chi connectivity index (χ2n) is 3.80. The zero-order chi connectivity index (χ0) is 13.0. The van der Waals surface area contributed by atoms with Crippen LogP contribution in [0.5, 0.6) is 0 Å². The van der Waals surface area contributed by atoms with Gasteiger partial charge in [-0.3, -0.25) is 9.59 Å². The van der Waals surface area contributed by atoms with Gasteiger partial charge in [0.2, 0.25) is 0 Å². The molecule has 90 valence electrons. The van der Waals surface area contributed by atoms with Crippen LogP contribution >= 0.6 is 15.9 Å². The molecule has 2 aromatic carbocycles. The monoisotopic (exact) mass is 302 g/mol. The third-order valence-electron chi connectivity index (χ3n) is 2.63. The molecule has 0 heterocycles. The van der Waals surface area contributed by atoms with Crippen molar-refractivity contribution in [1.82, 2.24) is 0 Å². The molecule has 0 aliphatic carbocycles. The van der Waals surface area contributed by atoms with E-state index < -0.39 is 0 Å². The van der Waals surface area contributed by atoms with Crippen LogP contribution in [0.4, 0.5) is 0 Å². The van der Waals surface area contributed by atoms with Crippen LogP contribution in [-0.4, -0.2) is 16.9 Å². The number of ketones is 2. The molecule has 0 bridgehead atoms. The van der Waals surface area contributed by atoms with Gasteiger partial charge < -0.3 is 0 Å². The third kappa shape index (κ3) is 2.57. The number of hydrogen-bond donors (Lipinski definition) is 0. The van der Waals surface area contributed by atoms with Crippen molar-refractivity contribution in [2.75, 3.05) is 5.33 Å². The standard InChI is InChI=1S/C15H11BrO2/c16-10-14(17)12-8-4-5-9-13(12)15(18)11-6-2-1-3-7-11/h1-9H,10H2. The summed E-state index contributed by atoms with van der Waals surface area (Å²) in [4.78, 5) is 24.1. The van der Waals surface area contributed by atoms with Gasteiger partial charge in [0.05, 0.1) is 5.33 Å². The summed E-state index contributed by atoms with van der Waals surface area (Å²) >= 11 is 3.13. The molecule has 0 aliphatic rings. The SMILES string of the molecule is O=C(CBr)c1ccccc1C(=O)c1ccccc1. The average Bonchev–Trinajstić information content (AvgIpc) is 2.46. The molecule has 2 nitrogen and oxygen atoms in total. The van der Waals surface area contributed by atoms with Gasteiger partial charge in [0, 0.05) is 16.7 Å². The largest absolute Gasteiger partial charge is 0.293 e. The topological polar surface area (TPSA) is 34.1 Å². The molecule has 0 aliphatic heterocycles. The van der Waals surface area contributed by atoms with Gasteiger partial charge >= 0.3 is 0 Å². The normalized spacial score (nSPS) is 10.1. The second-order valence-corrected chi connectivity index (χ2v) is 4.36. The molecule has 3 heteroatoms. The van der Waals surface area contributed by atoms with Gasteiger partial charge in [-0.15, -0.1) is 0 Å². The molecule has 0 atom stereocenters. The van der Waals surface area contributed by atoms with Gasteiger partial charge in [0.25, 0.3) is 0 Å². The number of alkyl halides is 1. The Morgan fingerprint density at radius 2 is 1.39 bits per heavy atom. The van der Waals surface area contributed by atoms with Crippen molar-refractivity contribution >= 4 is 27.5 Å². The predicted octanol–water partition coefficient (Wildman–Crippen LogP) is 3.50. The van der Waals surface area contributed by atoms with Gasteiger partial charge in [0.1, 0.15) is 0 Å². The molecular weight excluding hydrogens is 292 g/mol. The quantitative estimate of drug-likeness (QED) is 0.640. The lowest BCUT2D eigenvalue weighted by atomic mass is 9.96. The first-order chi connectivity index (χ1) is 8.74. The molecule has 0 spiro atoms. The van der Waals surface area contributed by atoms with Crippen molar-refractivity contribution in [3.8, 4) is 0 Å². The molecule has 0 saturated heterocycles. The summed E-state index contributed by atoms with van der Waals surface area (Å²) in [5.74, 6) is -0.213. The number of rotatable bonds is 4. The van der Waals surface area contributed by atoms with Crippen molar-refractivity contribution in [3.63, 3.8) is 0 Å². The maximum Gasteiger partial charge on any atom is 0.193 e. The lowest BCUT2D eigenvalue weighted by Gasteiger charge is -2.06. The van der Waals surface area contributed by atoms with Crippen molar-refractivity contribution in [3.05, 3.63) is 71.3 Å². The average molecular weight is 303 g/mol. The molecule has 18 heavy (non-hydrogen) atoms. The molecule has 0 N–H and O–H groups in total. The number of carbonyl (C=O) groups is 2. The molecule has 2 rings (SSSR count). The fourth-order valence-electron chi connectivity index (χ4n) is 1.74. The van der Waals surface area contributed by atoms with E-state index in [4.69, 9.17) is 0 Å². The van der Waals surface area contributed by atoms with Crippen LogP contribution in [-0.2, 0) is 0 Å². The summed E-state index contributed by atoms with van der Waals surface area (Å²) in [6.07, 6.45) is 0. The number of halogens is 1. The number of Topliss-reactive ketones (excluding diaryl/α,β-unsaturated/α-hetero) is 1. The van der Waals surface area contributed by atoms with Gasteiger partial charge in [-0.1, -0.05) is 70.5 Å². The summed E-state index contributed by atoms with van der Waals surface area (Å²) in [5, 5.41) is 0.214. The molecule has 0 saturated carbocycles. The minimum atomic E-state index is -0.125. The highest BCUT2D eigenvalue weighted by Gasteiger charge is 2.16. The van der Waals surface area contributed by atoms with Gasteiger partial charge in [0.15, 0.2) is 11.6 Å². The van der Waals surface area contributed by atoms with Crippen molar-refractivity contribution in [2.24, 2.45) is 0 Å².